The lowest BCUT2D eigenvalue weighted by Gasteiger charge is -2.42. The molecule has 4 fully saturated rings. The van der Waals surface area contributed by atoms with Gasteiger partial charge in [0, 0.05) is 54.3 Å². The first-order valence-corrected chi connectivity index (χ1v) is 21.4. The molecule has 0 radical (unpaired) electrons. The van der Waals surface area contributed by atoms with E-state index in [2.05, 4.69) is 26.5 Å². The van der Waals surface area contributed by atoms with Crippen molar-refractivity contribution in [1.82, 2.24) is 28.3 Å². The molecule has 5 aliphatic rings. The molecule has 13 nitrogen and oxygen atoms in total. The Hall–Kier alpha value is -4.50. The lowest BCUT2D eigenvalue weighted by atomic mass is 9.81. The van der Waals surface area contributed by atoms with Crippen molar-refractivity contribution in [2.24, 2.45) is 7.05 Å². The summed E-state index contributed by atoms with van der Waals surface area (Å²) in [6.07, 6.45) is 12.2. The van der Waals surface area contributed by atoms with E-state index in [0.29, 0.717) is 42.3 Å². The Morgan fingerprint density at radius 1 is 0.982 bits per heavy atom. The summed E-state index contributed by atoms with van der Waals surface area (Å²) in [6, 6.07) is 11.6. The molecule has 2 atom stereocenters. The number of rotatable bonds is 7. The van der Waals surface area contributed by atoms with E-state index in [0.717, 1.165) is 71.8 Å². The van der Waals surface area contributed by atoms with Crippen molar-refractivity contribution in [3.05, 3.63) is 70.5 Å². The number of aryl methyl sites for hydroxylation is 1. The van der Waals surface area contributed by atoms with E-state index in [9.17, 15) is 23.1 Å². The third-order valence-corrected chi connectivity index (χ3v) is 14.2. The van der Waals surface area contributed by atoms with Crippen LogP contribution >= 0.6 is 0 Å². The predicted octanol–water partition coefficient (Wildman–Crippen LogP) is 5.48. The summed E-state index contributed by atoms with van der Waals surface area (Å²) in [7, 11) is -0.560. The smallest absolute Gasteiger partial charge is 0.304 e. The molecule has 2 aromatic carbocycles. The van der Waals surface area contributed by atoms with Crippen molar-refractivity contribution in [2.45, 2.75) is 94.9 Å². The van der Waals surface area contributed by atoms with Gasteiger partial charge in [-0.05, 0) is 104 Å². The number of methoxy groups -OCH3 is 1. The lowest BCUT2D eigenvalue weighted by Crippen LogP contribution is -2.52. The highest BCUT2D eigenvalue weighted by Crippen LogP contribution is 2.48. The number of carbonyl (C=O) groups is 2. The fourth-order valence-electron chi connectivity index (χ4n) is 10.3. The van der Waals surface area contributed by atoms with Crippen LogP contribution in [0.3, 0.4) is 0 Å². The third-order valence-electron chi connectivity index (χ3n) is 12.8. The molecular weight excluding hydrogens is 733 g/mol. The first kappa shape index (κ1) is 37.1. The van der Waals surface area contributed by atoms with Gasteiger partial charge in [-0.3, -0.25) is 14.3 Å². The Morgan fingerprint density at radius 3 is 2.43 bits per heavy atom. The summed E-state index contributed by atoms with van der Waals surface area (Å²) in [5.74, 6) is 0.230. The summed E-state index contributed by atoms with van der Waals surface area (Å²) in [4.78, 5) is 30.4. The molecule has 6 heterocycles. The van der Waals surface area contributed by atoms with Crippen LogP contribution in [-0.4, -0.2) is 100.0 Å². The molecule has 9 rings (SSSR count). The van der Waals surface area contributed by atoms with Crippen molar-refractivity contribution >= 4 is 44.6 Å². The zero-order valence-corrected chi connectivity index (χ0v) is 33.1. The van der Waals surface area contributed by atoms with Crippen molar-refractivity contribution in [1.29, 1.82) is 0 Å². The summed E-state index contributed by atoms with van der Waals surface area (Å²) in [5, 5.41) is 16.6. The van der Waals surface area contributed by atoms with Gasteiger partial charge in [0.05, 0.1) is 55.6 Å². The van der Waals surface area contributed by atoms with Crippen molar-refractivity contribution < 1.29 is 32.6 Å². The van der Waals surface area contributed by atoms with Crippen LogP contribution < -0.4 is 9.46 Å². The topological polar surface area (TPSA) is 148 Å². The number of ether oxygens (including phenoxy) is 2. The number of allylic oxidation sites excluding steroid dienone is 1. The van der Waals surface area contributed by atoms with Crippen LogP contribution in [0, 0.1) is 0 Å². The van der Waals surface area contributed by atoms with E-state index in [1.807, 2.05) is 43.1 Å². The molecule has 2 N–H and O–H groups in total. The molecule has 2 unspecified atom stereocenters. The molecule has 1 saturated carbocycles. The van der Waals surface area contributed by atoms with Crippen LogP contribution in [0.4, 0.5) is 0 Å². The van der Waals surface area contributed by atoms with Crippen LogP contribution in [0.1, 0.15) is 108 Å². The number of hydrogen-bond donors (Lipinski definition) is 2. The molecule has 4 aliphatic heterocycles. The number of amides is 2. The van der Waals surface area contributed by atoms with Gasteiger partial charge in [-0.1, -0.05) is 25.3 Å². The SMILES string of the molecule is COc1ccc2c(c1)C=C(c1c(C(=O)N3C4CCC3CC(C)(O)C4)cnn1C)Cn1c-2c(C2CCCCC2)c2ccc(C(=O)NS(=O)(=O)N3CCOCC3)cc21. The standard InChI is InChI=1S/C42H50N6O7S/c1-42(51)22-30-10-11-31(23-42)48(30)41(50)35-24-43-45(2)38(35)29-19-28-20-32(54-3)12-14-33(28)39-37(26-7-5-4-6-8-26)34-13-9-27(21-36(34)47(39)25-29)40(49)44-56(52,53)46-15-17-55-18-16-46/h9,12-14,19-21,24,26,30-31,51H,4-8,10-11,15-18,22-23,25H2,1-3H3,(H,44,49). The highest BCUT2D eigenvalue weighted by atomic mass is 32.2. The number of carbonyl (C=O) groups excluding carboxylic acids is 2. The molecule has 4 aromatic rings. The van der Waals surface area contributed by atoms with E-state index < -0.39 is 21.7 Å². The van der Waals surface area contributed by atoms with Crippen LogP contribution in [0.5, 0.6) is 5.75 Å². The van der Waals surface area contributed by atoms with Crippen molar-refractivity contribution in [3.8, 4) is 17.0 Å². The van der Waals surface area contributed by atoms with Gasteiger partial charge in [0.25, 0.3) is 11.8 Å². The van der Waals surface area contributed by atoms with Gasteiger partial charge < -0.3 is 24.0 Å². The molecule has 3 saturated heterocycles. The Kier molecular flexibility index (Phi) is 9.38. The number of benzene rings is 2. The molecule has 14 heteroatoms. The number of nitrogens with one attached hydrogen (secondary N) is 1. The molecule has 2 amide bonds. The molecule has 1 aliphatic carbocycles. The second-order valence-electron chi connectivity index (χ2n) is 16.5. The zero-order valence-electron chi connectivity index (χ0n) is 32.3. The van der Waals surface area contributed by atoms with Crippen molar-refractivity contribution in [3.63, 3.8) is 0 Å². The fraction of sp³-hybridized carbons (Fsp3) is 0.500. The molecule has 2 bridgehead atoms. The van der Waals surface area contributed by atoms with Crippen molar-refractivity contribution in [2.75, 3.05) is 33.4 Å². The maximum absolute atomic E-state index is 14.6. The lowest BCUT2D eigenvalue weighted by molar-refractivity contribution is -0.0300. The molecule has 2 aromatic heterocycles. The Morgan fingerprint density at radius 2 is 1.71 bits per heavy atom. The minimum atomic E-state index is -4.07. The summed E-state index contributed by atoms with van der Waals surface area (Å²) in [6.45, 7) is 3.14. The number of aliphatic hydroxyl groups is 1. The first-order valence-electron chi connectivity index (χ1n) is 19.9. The van der Waals surface area contributed by atoms with Gasteiger partial charge in [-0.25, -0.2) is 4.72 Å². The second-order valence-corrected chi connectivity index (χ2v) is 18.2. The Balaban J connectivity index is 1.19. The largest absolute Gasteiger partial charge is 0.497 e. The highest BCUT2D eigenvalue weighted by molar-refractivity contribution is 7.87. The van der Waals surface area contributed by atoms with E-state index in [1.54, 1.807) is 24.1 Å². The first-order chi connectivity index (χ1) is 26.9. The quantitative estimate of drug-likeness (QED) is 0.251. The summed E-state index contributed by atoms with van der Waals surface area (Å²) < 4.78 is 45.2. The number of aromatic nitrogens is 3. The second kappa shape index (κ2) is 14.2. The van der Waals surface area contributed by atoms with E-state index in [4.69, 9.17) is 9.47 Å². The average Bonchev–Trinajstić information content (AvgIpc) is 3.79. The van der Waals surface area contributed by atoms with Crippen LogP contribution in [0.25, 0.3) is 33.8 Å². The molecule has 56 heavy (non-hydrogen) atoms. The van der Waals surface area contributed by atoms with Gasteiger partial charge in [0.15, 0.2) is 0 Å². The van der Waals surface area contributed by atoms with Gasteiger partial charge in [0.1, 0.15) is 5.75 Å². The maximum atomic E-state index is 14.6. The van der Waals surface area contributed by atoms with Crippen LogP contribution in [0.15, 0.2) is 42.6 Å². The van der Waals surface area contributed by atoms with E-state index in [-0.39, 0.29) is 49.9 Å². The minimum Gasteiger partial charge on any atom is -0.497 e. The van der Waals surface area contributed by atoms with E-state index in [1.165, 1.54) is 16.3 Å². The monoisotopic (exact) mass is 782 g/mol. The number of piperidine rings is 1. The number of morpholine rings is 1. The minimum absolute atomic E-state index is 0.0351. The molecule has 296 valence electrons. The van der Waals surface area contributed by atoms with Gasteiger partial charge in [-0.15, -0.1) is 0 Å². The molecule has 0 spiro atoms. The normalized spacial score (nSPS) is 24.4. The third kappa shape index (κ3) is 6.44. The Labute approximate surface area is 327 Å². The van der Waals surface area contributed by atoms with Gasteiger partial charge >= 0.3 is 10.2 Å². The predicted molar refractivity (Wildman–Crippen MR) is 212 cm³/mol. The highest BCUT2D eigenvalue weighted by Gasteiger charge is 2.48. The number of fused-ring (bicyclic) bond motifs is 7. The fourth-order valence-corrected chi connectivity index (χ4v) is 11.4. The van der Waals surface area contributed by atoms with E-state index >= 15 is 0 Å². The zero-order chi connectivity index (χ0) is 38.9. The number of nitrogens with zero attached hydrogens (tertiary/aromatic N) is 5. The van der Waals surface area contributed by atoms with Gasteiger partial charge in [-0.2, -0.15) is 17.8 Å². The van der Waals surface area contributed by atoms with Gasteiger partial charge in [0.2, 0.25) is 0 Å². The summed E-state index contributed by atoms with van der Waals surface area (Å²) in [5.41, 5.74) is 6.60. The molecular formula is C42H50N6O7S. The average molecular weight is 783 g/mol. The van der Waals surface area contributed by atoms with Crippen LogP contribution in [0.2, 0.25) is 0 Å². The Bertz CT molecular complexity index is 2350. The number of hydrogen-bond acceptors (Lipinski definition) is 8. The van der Waals surface area contributed by atoms with Crippen LogP contribution in [-0.2, 0) is 28.5 Å². The maximum Gasteiger partial charge on any atom is 0.304 e. The summed E-state index contributed by atoms with van der Waals surface area (Å²) >= 11 is 0.